The zero-order valence-corrected chi connectivity index (χ0v) is 18.6. The molecule has 1 aromatic heterocycles. The fourth-order valence-corrected chi connectivity index (χ4v) is 2.40. The van der Waals surface area contributed by atoms with Crippen molar-refractivity contribution in [2.75, 3.05) is 26.9 Å². The maximum absolute atomic E-state index is 5.93. The van der Waals surface area contributed by atoms with Gasteiger partial charge in [0.15, 0.2) is 5.96 Å². The molecule has 0 saturated carbocycles. The van der Waals surface area contributed by atoms with Gasteiger partial charge in [-0.05, 0) is 37.6 Å². The number of ether oxygens (including phenoxy) is 2. The van der Waals surface area contributed by atoms with Crippen molar-refractivity contribution in [1.29, 1.82) is 0 Å². The van der Waals surface area contributed by atoms with Crippen LogP contribution < -0.4 is 15.4 Å². The van der Waals surface area contributed by atoms with E-state index in [0.29, 0.717) is 26.3 Å². The zero-order chi connectivity index (χ0) is 18.6. The third kappa shape index (κ3) is 8.66. The lowest BCUT2D eigenvalue weighted by molar-refractivity contribution is 0.172. The normalized spacial score (nSPS) is 11.0. The van der Waals surface area contributed by atoms with Crippen molar-refractivity contribution in [2.24, 2.45) is 4.99 Å². The average molecular weight is 487 g/mol. The molecule has 0 unspecified atom stereocenters. The molecule has 0 spiro atoms. The molecule has 2 rings (SSSR count). The molecule has 150 valence electrons. The van der Waals surface area contributed by atoms with Gasteiger partial charge in [0.05, 0.1) is 26.0 Å². The molecule has 0 bridgehead atoms. The molecular weight excluding hydrogens is 457 g/mol. The maximum Gasteiger partial charge on any atom is 0.191 e. The van der Waals surface area contributed by atoms with Gasteiger partial charge < -0.3 is 24.5 Å². The van der Waals surface area contributed by atoms with Crippen LogP contribution in [0.25, 0.3) is 0 Å². The molecule has 0 saturated heterocycles. The van der Waals surface area contributed by atoms with Gasteiger partial charge in [-0.1, -0.05) is 12.1 Å². The predicted molar refractivity (Wildman–Crippen MR) is 119 cm³/mol. The molecule has 0 aliphatic heterocycles. The molecule has 0 atom stereocenters. The smallest absolute Gasteiger partial charge is 0.191 e. The molecule has 2 aromatic rings. The number of aryl methyl sites for hydroxylation is 1. The molecule has 1 heterocycles. The van der Waals surface area contributed by atoms with E-state index in [1.165, 1.54) is 5.56 Å². The molecule has 27 heavy (non-hydrogen) atoms. The van der Waals surface area contributed by atoms with Gasteiger partial charge in [0, 0.05) is 32.2 Å². The van der Waals surface area contributed by atoms with E-state index in [1.807, 2.05) is 19.1 Å². The van der Waals surface area contributed by atoms with E-state index in [0.717, 1.165) is 36.0 Å². The van der Waals surface area contributed by atoms with Crippen LogP contribution in [0.5, 0.6) is 5.75 Å². The van der Waals surface area contributed by atoms with Crippen molar-refractivity contribution in [1.82, 2.24) is 10.6 Å². The monoisotopic (exact) mass is 487 g/mol. The van der Waals surface area contributed by atoms with Crippen molar-refractivity contribution >= 4 is 29.9 Å². The van der Waals surface area contributed by atoms with Gasteiger partial charge in [-0.3, -0.25) is 0 Å². The van der Waals surface area contributed by atoms with Gasteiger partial charge in [-0.2, -0.15) is 0 Å². The number of aliphatic imine (C=N–C) groups is 1. The van der Waals surface area contributed by atoms with Crippen molar-refractivity contribution in [3.8, 4) is 5.75 Å². The highest BCUT2D eigenvalue weighted by Gasteiger charge is 2.06. The van der Waals surface area contributed by atoms with E-state index in [9.17, 15) is 0 Å². The van der Waals surface area contributed by atoms with Crippen LogP contribution in [0.2, 0.25) is 0 Å². The maximum atomic E-state index is 5.93. The topological polar surface area (TPSA) is 68.0 Å². The van der Waals surface area contributed by atoms with Gasteiger partial charge in [0.1, 0.15) is 11.5 Å². The van der Waals surface area contributed by atoms with Crippen LogP contribution in [-0.2, 0) is 17.8 Å². The molecule has 2 N–H and O–H groups in total. The largest absolute Gasteiger partial charge is 0.493 e. The molecule has 7 heteroatoms. The molecule has 1 aromatic carbocycles. The summed E-state index contributed by atoms with van der Waals surface area (Å²) < 4.78 is 16.3. The van der Waals surface area contributed by atoms with Crippen LogP contribution in [-0.4, -0.2) is 32.8 Å². The average Bonchev–Trinajstić information content (AvgIpc) is 3.16. The second-order valence-corrected chi connectivity index (χ2v) is 5.93. The lowest BCUT2D eigenvalue weighted by Crippen LogP contribution is -2.36. The number of nitrogens with zero attached hydrogens (tertiary/aromatic N) is 1. The van der Waals surface area contributed by atoms with Crippen molar-refractivity contribution in [3.05, 3.63) is 53.5 Å². The van der Waals surface area contributed by atoms with E-state index < -0.39 is 0 Å². The van der Waals surface area contributed by atoms with Gasteiger partial charge in [0.2, 0.25) is 0 Å². The first-order valence-corrected chi connectivity index (χ1v) is 8.98. The number of rotatable bonds is 10. The van der Waals surface area contributed by atoms with Crippen molar-refractivity contribution in [2.45, 2.75) is 33.4 Å². The summed E-state index contributed by atoms with van der Waals surface area (Å²) in [7, 11) is 1.70. The standard InChI is InChI=1S/C20H29N3O3.HI/c1-4-21-20(23-15-18-7-5-11-25-18)22-14-17-9-8-16(2)13-19(17)26-12-6-10-24-3;/h5,7-9,11,13H,4,6,10,12,14-15H2,1-3H3,(H2,21,22,23);1H. The third-order valence-electron chi connectivity index (χ3n) is 3.73. The lowest BCUT2D eigenvalue weighted by atomic mass is 10.1. The Bertz CT molecular complexity index is 675. The van der Waals surface area contributed by atoms with Crippen LogP contribution in [0, 0.1) is 6.92 Å². The highest BCUT2D eigenvalue weighted by Crippen LogP contribution is 2.21. The lowest BCUT2D eigenvalue weighted by Gasteiger charge is -2.13. The number of hydrogen-bond acceptors (Lipinski definition) is 4. The Hall–Kier alpha value is -1.74. The summed E-state index contributed by atoms with van der Waals surface area (Å²) in [6.45, 7) is 7.34. The molecule has 0 radical (unpaired) electrons. The van der Waals surface area contributed by atoms with E-state index in [4.69, 9.17) is 13.9 Å². The van der Waals surface area contributed by atoms with Crippen molar-refractivity contribution < 1.29 is 13.9 Å². The first kappa shape index (κ1) is 23.3. The Balaban J connectivity index is 0.00000364. The van der Waals surface area contributed by atoms with Gasteiger partial charge in [-0.25, -0.2) is 4.99 Å². The molecule has 0 aliphatic rings. The summed E-state index contributed by atoms with van der Waals surface area (Å²) in [5.74, 6) is 2.50. The van der Waals surface area contributed by atoms with Gasteiger partial charge >= 0.3 is 0 Å². The Kier molecular flexibility index (Phi) is 11.6. The SMILES string of the molecule is CCNC(=NCc1ccc(C)cc1OCCCOC)NCc1ccco1.I. The molecular formula is C20H30IN3O3. The number of furan rings is 1. The van der Waals surface area contributed by atoms with Gasteiger partial charge in [-0.15, -0.1) is 24.0 Å². The van der Waals surface area contributed by atoms with E-state index >= 15 is 0 Å². The number of methoxy groups -OCH3 is 1. The molecule has 0 fully saturated rings. The highest BCUT2D eigenvalue weighted by molar-refractivity contribution is 14.0. The Labute approximate surface area is 178 Å². The minimum absolute atomic E-state index is 0. The quantitative estimate of drug-likeness (QED) is 0.231. The minimum Gasteiger partial charge on any atom is -0.493 e. The van der Waals surface area contributed by atoms with Gasteiger partial charge in [0.25, 0.3) is 0 Å². The van der Waals surface area contributed by atoms with Crippen LogP contribution in [0.15, 0.2) is 46.0 Å². The number of hydrogen-bond donors (Lipinski definition) is 2. The third-order valence-corrected chi connectivity index (χ3v) is 3.73. The Morgan fingerprint density at radius 1 is 1.19 bits per heavy atom. The van der Waals surface area contributed by atoms with E-state index in [2.05, 4.69) is 40.7 Å². The first-order valence-electron chi connectivity index (χ1n) is 8.98. The fourth-order valence-electron chi connectivity index (χ4n) is 2.40. The Morgan fingerprint density at radius 2 is 2.04 bits per heavy atom. The summed E-state index contributed by atoms with van der Waals surface area (Å²) in [5, 5.41) is 6.52. The highest BCUT2D eigenvalue weighted by atomic mass is 127. The second kappa shape index (κ2) is 13.4. The Morgan fingerprint density at radius 3 is 2.74 bits per heavy atom. The number of guanidine groups is 1. The van der Waals surface area contributed by atoms with Crippen LogP contribution in [0.4, 0.5) is 0 Å². The van der Waals surface area contributed by atoms with Crippen LogP contribution in [0.3, 0.4) is 0 Å². The number of benzene rings is 1. The number of halogens is 1. The predicted octanol–water partition coefficient (Wildman–Crippen LogP) is 3.88. The molecule has 6 nitrogen and oxygen atoms in total. The minimum atomic E-state index is 0. The van der Waals surface area contributed by atoms with E-state index in [1.54, 1.807) is 13.4 Å². The van der Waals surface area contributed by atoms with E-state index in [-0.39, 0.29) is 24.0 Å². The first-order chi connectivity index (χ1) is 12.7. The number of nitrogens with one attached hydrogen (secondary N) is 2. The van der Waals surface area contributed by atoms with Crippen LogP contribution >= 0.6 is 24.0 Å². The van der Waals surface area contributed by atoms with Crippen molar-refractivity contribution in [3.63, 3.8) is 0 Å². The summed E-state index contributed by atoms with van der Waals surface area (Å²) in [5.41, 5.74) is 2.23. The summed E-state index contributed by atoms with van der Waals surface area (Å²) in [6, 6.07) is 10.0. The van der Waals surface area contributed by atoms with Crippen LogP contribution in [0.1, 0.15) is 30.2 Å². The summed E-state index contributed by atoms with van der Waals surface area (Å²) >= 11 is 0. The molecule has 0 amide bonds. The zero-order valence-electron chi connectivity index (χ0n) is 16.3. The molecule has 0 aliphatic carbocycles. The summed E-state index contributed by atoms with van der Waals surface area (Å²) in [6.07, 6.45) is 2.53. The summed E-state index contributed by atoms with van der Waals surface area (Å²) in [4.78, 5) is 4.67. The second-order valence-electron chi connectivity index (χ2n) is 5.93. The fraction of sp³-hybridized carbons (Fsp3) is 0.450.